The molecule has 4 rings (SSSR count). The number of aryl methyl sites for hydroxylation is 1. The van der Waals surface area contributed by atoms with Crippen LogP contribution in [0.25, 0.3) is 0 Å². The number of carbonyl (C=O) groups is 1. The maximum absolute atomic E-state index is 12.3. The fourth-order valence-corrected chi connectivity index (χ4v) is 4.74. The predicted octanol–water partition coefficient (Wildman–Crippen LogP) is 2.79. The molecule has 0 radical (unpaired) electrons. The molecule has 7 heteroatoms. The number of carboxylic acid groups (broad SMARTS) is 1. The monoisotopic (exact) mass is 411 g/mol. The van der Waals surface area contributed by atoms with Crippen molar-refractivity contribution in [2.45, 2.75) is 38.0 Å². The Labute approximate surface area is 176 Å². The fourth-order valence-electron chi connectivity index (χ4n) is 4.74. The lowest BCUT2D eigenvalue weighted by molar-refractivity contribution is -0.146. The van der Waals surface area contributed by atoms with Gasteiger partial charge in [0.1, 0.15) is 11.5 Å². The van der Waals surface area contributed by atoms with Crippen LogP contribution in [-0.2, 0) is 11.2 Å². The summed E-state index contributed by atoms with van der Waals surface area (Å²) in [5, 5.41) is 13.7. The third-order valence-electron chi connectivity index (χ3n) is 6.38. The summed E-state index contributed by atoms with van der Waals surface area (Å²) in [7, 11) is 3.24. The van der Waals surface area contributed by atoms with E-state index in [9.17, 15) is 9.90 Å². The van der Waals surface area contributed by atoms with Crippen LogP contribution in [-0.4, -0.2) is 31.5 Å². The van der Waals surface area contributed by atoms with Gasteiger partial charge in [0.2, 0.25) is 0 Å². The summed E-state index contributed by atoms with van der Waals surface area (Å²) in [5.41, 5.74) is 9.88. The molecule has 5 unspecified atom stereocenters. The maximum atomic E-state index is 12.3. The van der Waals surface area contributed by atoms with Crippen molar-refractivity contribution < 1.29 is 19.4 Å². The Hall–Kier alpha value is -2.61. The van der Waals surface area contributed by atoms with Crippen LogP contribution in [0.1, 0.15) is 42.1 Å². The van der Waals surface area contributed by atoms with E-state index in [1.54, 1.807) is 14.2 Å². The normalized spacial score (nSPS) is 28.0. The summed E-state index contributed by atoms with van der Waals surface area (Å²) in [5.74, 6) is 0.0129. The first-order valence-electron chi connectivity index (χ1n) is 10.4. The number of methoxy groups -OCH3 is 2. The first-order valence-corrected chi connectivity index (χ1v) is 10.4. The van der Waals surface area contributed by atoms with Gasteiger partial charge in [0.05, 0.1) is 32.3 Å². The van der Waals surface area contributed by atoms with Crippen molar-refractivity contribution in [1.82, 2.24) is 16.2 Å². The van der Waals surface area contributed by atoms with Crippen LogP contribution in [0.4, 0.5) is 0 Å². The predicted molar refractivity (Wildman–Crippen MR) is 113 cm³/mol. The Kier molecular flexibility index (Phi) is 5.94. The zero-order valence-corrected chi connectivity index (χ0v) is 17.5. The quantitative estimate of drug-likeness (QED) is 0.581. The number of ether oxygens (including phenoxy) is 2. The molecule has 7 nitrogen and oxygen atoms in total. The second kappa shape index (κ2) is 8.63. The van der Waals surface area contributed by atoms with Gasteiger partial charge in [0, 0.05) is 17.5 Å². The Morgan fingerprint density at radius 3 is 2.50 bits per heavy atom. The van der Waals surface area contributed by atoms with Crippen molar-refractivity contribution in [2.24, 2.45) is 11.8 Å². The number of hydrogen-bond acceptors (Lipinski definition) is 6. The number of piperidine rings is 1. The van der Waals surface area contributed by atoms with Gasteiger partial charge in [-0.05, 0) is 42.2 Å². The van der Waals surface area contributed by atoms with E-state index < -0.39 is 11.9 Å². The maximum Gasteiger partial charge on any atom is 0.307 e. The molecule has 2 aliphatic rings. The molecule has 2 heterocycles. The molecule has 160 valence electrons. The second-order valence-electron chi connectivity index (χ2n) is 7.92. The number of hydrogen-bond donors (Lipinski definition) is 4. The first-order chi connectivity index (χ1) is 14.5. The average molecular weight is 412 g/mol. The molecular weight excluding hydrogens is 382 g/mol. The Bertz CT molecular complexity index is 902. The highest BCUT2D eigenvalue weighted by Crippen LogP contribution is 2.44. The van der Waals surface area contributed by atoms with Gasteiger partial charge < -0.3 is 14.6 Å². The molecule has 0 bridgehead atoms. The van der Waals surface area contributed by atoms with E-state index in [1.807, 2.05) is 18.2 Å². The van der Waals surface area contributed by atoms with Crippen LogP contribution in [0.5, 0.6) is 11.5 Å². The van der Waals surface area contributed by atoms with E-state index in [2.05, 4.69) is 47.4 Å². The minimum absolute atomic E-state index is 0.0809. The van der Waals surface area contributed by atoms with Crippen molar-refractivity contribution in [3.63, 3.8) is 0 Å². The van der Waals surface area contributed by atoms with E-state index in [1.165, 1.54) is 5.56 Å². The minimum Gasteiger partial charge on any atom is -0.497 e. The molecule has 2 aromatic carbocycles. The van der Waals surface area contributed by atoms with Gasteiger partial charge >= 0.3 is 5.97 Å². The largest absolute Gasteiger partial charge is 0.497 e. The SMILES string of the molecule is CCc1ccc(C2NNC3NC(c4cc(OC)ccc4OC)CC(C(=O)O)C32)cc1. The van der Waals surface area contributed by atoms with Gasteiger partial charge in [-0.15, -0.1) is 0 Å². The molecule has 0 saturated carbocycles. The zero-order valence-electron chi connectivity index (χ0n) is 17.5. The lowest BCUT2D eigenvalue weighted by Crippen LogP contribution is -2.53. The smallest absolute Gasteiger partial charge is 0.307 e. The van der Waals surface area contributed by atoms with Crippen LogP contribution >= 0.6 is 0 Å². The van der Waals surface area contributed by atoms with Gasteiger partial charge in [0.15, 0.2) is 0 Å². The molecule has 4 N–H and O–H groups in total. The number of benzene rings is 2. The van der Waals surface area contributed by atoms with Crippen molar-refractivity contribution in [2.75, 3.05) is 14.2 Å². The highest BCUT2D eigenvalue weighted by atomic mass is 16.5. The van der Waals surface area contributed by atoms with Crippen LogP contribution in [0.15, 0.2) is 42.5 Å². The van der Waals surface area contributed by atoms with E-state index >= 15 is 0 Å². The molecule has 30 heavy (non-hydrogen) atoms. The fraction of sp³-hybridized carbons (Fsp3) is 0.435. The lowest BCUT2D eigenvalue weighted by Gasteiger charge is -2.39. The Morgan fingerprint density at radius 1 is 1.10 bits per heavy atom. The molecule has 2 aliphatic heterocycles. The molecule has 5 atom stereocenters. The number of nitrogens with one attached hydrogen (secondary N) is 3. The summed E-state index contributed by atoms with van der Waals surface area (Å²) in [6.45, 7) is 2.12. The second-order valence-corrected chi connectivity index (χ2v) is 7.92. The van der Waals surface area contributed by atoms with Crippen molar-refractivity contribution in [3.05, 3.63) is 59.2 Å². The summed E-state index contributed by atoms with van der Waals surface area (Å²) < 4.78 is 10.9. The molecule has 2 saturated heterocycles. The third kappa shape index (κ3) is 3.76. The highest BCUT2D eigenvalue weighted by Gasteiger charge is 2.49. The molecule has 0 aromatic heterocycles. The lowest BCUT2D eigenvalue weighted by atomic mass is 9.74. The number of fused-ring (bicyclic) bond motifs is 1. The minimum atomic E-state index is -0.779. The van der Waals surface area contributed by atoms with Crippen LogP contribution < -0.4 is 25.6 Å². The molecule has 0 aliphatic carbocycles. The van der Waals surface area contributed by atoms with Crippen LogP contribution in [0, 0.1) is 11.8 Å². The first kappa shape index (κ1) is 20.7. The van der Waals surface area contributed by atoms with E-state index in [0.29, 0.717) is 17.9 Å². The van der Waals surface area contributed by atoms with Crippen molar-refractivity contribution >= 4 is 5.97 Å². The number of aliphatic carboxylic acids is 1. The number of rotatable bonds is 6. The van der Waals surface area contributed by atoms with Gasteiger partial charge in [-0.25, -0.2) is 10.9 Å². The van der Waals surface area contributed by atoms with Crippen molar-refractivity contribution in [3.8, 4) is 11.5 Å². The molecule has 2 fully saturated rings. The van der Waals surface area contributed by atoms with Gasteiger partial charge in [-0.2, -0.15) is 0 Å². The van der Waals surface area contributed by atoms with Crippen LogP contribution in [0.2, 0.25) is 0 Å². The van der Waals surface area contributed by atoms with E-state index in [4.69, 9.17) is 9.47 Å². The summed E-state index contributed by atoms with van der Waals surface area (Å²) >= 11 is 0. The molecule has 0 spiro atoms. The van der Waals surface area contributed by atoms with Gasteiger partial charge in [-0.1, -0.05) is 31.2 Å². The molecule has 2 aromatic rings. The van der Waals surface area contributed by atoms with Crippen LogP contribution in [0.3, 0.4) is 0 Å². The van der Waals surface area contributed by atoms with Gasteiger partial charge in [-0.3, -0.25) is 10.1 Å². The molecular formula is C23H29N3O4. The highest BCUT2D eigenvalue weighted by molar-refractivity contribution is 5.71. The topological polar surface area (TPSA) is 91.9 Å². The summed E-state index contributed by atoms with van der Waals surface area (Å²) in [6, 6.07) is 13.8. The van der Waals surface area contributed by atoms with Crippen molar-refractivity contribution in [1.29, 1.82) is 0 Å². The average Bonchev–Trinajstić information content (AvgIpc) is 3.21. The molecule has 0 amide bonds. The summed E-state index contributed by atoms with van der Waals surface area (Å²) in [6.07, 6.45) is 1.26. The number of hydrazine groups is 1. The summed E-state index contributed by atoms with van der Waals surface area (Å²) in [4.78, 5) is 12.3. The zero-order chi connectivity index (χ0) is 21.3. The van der Waals surface area contributed by atoms with Gasteiger partial charge in [0.25, 0.3) is 0 Å². The Morgan fingerprint density at radius 2 is 1.87 bits per heavy atom. The third-order valence-corrected chi connectivity index (χ3v) is 6.38. The Balaban J connectivity index is 1.63. The number of carboxylic acids is 1. The van der Waals surface area contributed by atoms with E-state index in [-0.39, 0.29) is 24.2 Å². The standard InChI is InChI=1S/C23H29N3O4/c1-4-13-5-7-14(8-6-13)21-20-17(23(27)28)12-18(24-22(20)26-25-21)16-11-15(29-2)9-10-19(16)30-3/h5-11,17-18,20-22,24-26H,4,12H2,1-3H3,(H,27,28). The van der Waals surface area contributed by atoms with E-state index in [0.717, 1.165) is 17.5 Å².